The van der Waals surface area contributed by atoms with Crippen molar-refractivity contribution in [1.29, 1.82) is 0 Å². The van der Waals surface area contributed by atoms with E-state index < -0.39 is 0 Å². The monoisotopic (exact) mass is 432 g/mol. The number of carbonyl (C=O) groups excluding carboxylic acids is 2. The van der Waals surface area contributed by atoms with Gasteiger partial charge in [0.25, 0.3) is 11.8 Å². The Morgan fingerprint density at radius 3 is 2.09 bits per heavy atom. The normalized spacial score (nSPS) is 10.5. The third-order valence-corrected chi connectivity index (χ3v) is 4.55. The van der Waals surface area contributed by atoms with Crippen molar-refractivity contribution < 1.29 is 19.1 Å². The number of benzene rings is 3. The van der Waals surface area contributed by atoms with Gasteiger partial charge in [0.15, 0.2) is 0 Å². The van der Waals surface area contributed by atoms with Crippen LogP contribution < -0.4 is 20.1 Å². The summed E-state index contributed by atoms with van der Waals surface area (Å²) in [5.41, 5.74) is 1.82. The van der Waals surface area contributed by atoms with Crippen molar-refractivity contribution in [1.82, 2.24) is 0 Å². The van der Waals surface area contributed by atoms with Crippen molar-refractivity contribution in [3.63, 3.8) is 0 Å². The molecule has 0 saturated heterocycles. The lowest BCUT2D eigenvalue weighted by Crippen LogP contribution is -2.19. The number of amides is 2. The Bertz CT molecular complexity index is 1060. The quantitative estimate of drug-likeness (QED) is 0.460. The van der Waals surface area contributed by atoms with Crippen molar-refractivity contribution in [2.75, 3.05) is 23.8 Å². The van der Waals surface area contributed by atoms with Crippen molar-refractivity contribution in [2.45, 2.75) is 20.8 Å². The van der Waals surface area contributed by atoms with Crippen LogP contribution in [0.5, 0.6) is 11.5 Å². The van der Waals surface area contributed by atoms with E-state index in [0.717, 1.165) is 5.75 Å². The van der Waals surface area contributed by atoms with Crippen LogP contribution in [0.4, 0.5) is 11.4 Å². The van der Waals surface area contributed by atoms with E-state index >= 15 is 0 Å². The third kappa shape index (κ3) is 6.11. The van der Waals surface area contributed by atoms with Crippen molar-refractivity contribution in [3.05, 3.63) is 83.9 Å². The molecule has 32 heavy (non-hydrogen) atoms. The average Bonchev–Trinajstić information content (AvgIpc) is 2.79. The van der Waals surface area contributed by atoms with Gasteiger partial charge in [-0.05, 0) is 61.4 Å². The molecule has 0 saturated carbocycles. The fourth-order valence-electron chi connectivity index (χ4n) is 3.02. The third-order valence-electron chi connectivity index (χ3n) is 4.55. The molecule has 3 aromatic rings. The van der Waals surface area contributed by atoms with Gasteiger partial charge in [0.05, 0.1) is 30.0 Å². The van der Waals surface area contributed by atoms with Gasteiger partial charge in [-0.1, -0.05) is 38.1 Å². The fraction of sp³-hybridized carbons (Fsp3) is 0.231. The Morgan fingerprint density at radius 2 is 1.41 bits per heavy atom. The first-order valence-electron chi connectivity index (χ1n) is 10.6. The molecule has 3 aromatic carbocycles. The SMILES string of the molecule is CCOc1ccc(NC(=O)c2ccccc2NC(=O)c2ccccc2OCC(C)C)cc1. The second-order valence-corrected chi connectivity index (χ2v) is 7.61. The maximum absolute atomic E-state index is 13.0. The number of para-hydroxylation sites is 2. The van der Waals surface area contributed by atoms with Gasteiger partial charge in [0, 0.05) is 5.69 Å². The molecule has 0 aliphatic rings. The lowest BCUT2D eigenvalue weighted by atomic mass is 10.1. The zero-order valence-electron chi connectivity index (χ0n) is 18.6. The molecule has 6 nitrogen and oxygen atoms in total. The first kappa shape index (κ1) is 22.9. The predicted octanol–water partition coefficient (Wildman–Crippen LogP) is 5.62. The van der Waals surface area contributed by atoms with Crippen LogP contribution in [-0.2, 0) is 0 Å². The molecule has 0 aliphatic carbocycles. The number of hydrogen-bond acceptors (Lipinski definition) is 4. The van der Waals surface area contributed by atoms with E-state index in [1.165, 1.54) is 0 Å². The van der Waals surface area contributed by atoms with E-state index in [2.05, 4.69) is 10.6 Å². The van der Waals surface area contributed by atoms with Crippen LogP contribution in [-0.4, -0.2) is 25.0 Å². The zero-order valence-corrected chi connectivity index (χ0v) is 18.6. The zero-order chi connectivity index (χ0) is 22.9. The van der Waals surface area contributed by atoms with Gasteiger partial charge >= 0.3 is 0 Å². The molecule has 166 valence electrons. The highest BCUT2D eigenvalue weighted by Gasteiger charge is 2.17. The molecular formula is C26H28N2O4. The van der Waals surface area contributed by atoms with Crippen molar-refractivity contribution in [3.8, 4) is 11.5 Å². The van der Waals surface area contributed by atoms with Crippen LogP contribution in [0.15, 0.2) is 72.8 Å². The summed E-state index contributed by atoms with van der Waals surface area (Å²) in [4.78, 5) is 25.9. The largest absolute Gasteiger partial charge is 0.494 e. The molecule has 0 unspecified atom stereocenters. The molecule has 0 heterocycles. The number of hydrogen-bond donors (Lipinski definition) is 2. The predicted molar refractivity (Wildman–Crippen MR) is 127 cm³/mol. The second kappa shape index (κ2) is 11.0. The molecule has 6 heteroatoms. The Kier molecular flexibility index (Phi) is 7.86. The van der Waals surface area contributed by atoms with Crippen LogP contribution in [0.2, 0.25) is 0 Å². The smallest absolute Gasteiger partial charge is 0.259 e. The molecule has 0 aliphatic heterocycles. The van der Waals surface area contributed by atoms with E-state index in [1.807, 2.05) is 26.8 Å². The summed E-state index contributed by atoms with van der Waals surface area (Å²) >= 11 is 0. The molecular weight excluding hydrogens is 404 g/mol. The molecule has 0 atom stereocenters. The van der Waals surface area contributed by atoms with Gasteiger partial charge in [0.1, 0.15) is 11.5 Å². The van der Waals surface area contributed by atoms with E-state index in [9.17, 15) is 9.59 Å². The molecule has 0 aromatic heterocycles. The van der Waals surface area contributed by atoms with E-state index in [1.54, 1.807) is 66.7 Å². The Hall–Kier alpha value is -3.80. The summed E-state index contributed by atoms with van der Waals surface area (Å²) < 4.78 is 11.2. The molecule has 0 bridgehead atoms. The summed E-state index contributed by atoms with van der Waals surface area (Å²) in [6, 6.07) is 21.1. The number of nitrogens with one attached hydrogen (secondary N) is 2. The molecule has 2 N–H and O–H groups in total. The minimum absolute atomic E-state index is 0.325. The van der Waals surface area contributed by atoms with E-state index in [0.29, 0.717) is 47.4 Å². The van der Waals surface area contributed by atoms with Crippen LogP contribution in [0.1, 0.15) is 41.5 Å². The fourth-order valence-corrected chi connectivity index (χ4v) is 3.02. The van der Waals surface area contributed by atoms with Gasteiger partial charge < -0.3 is 20.1 Å². The Balaban J connectivity index is 1.75. The number of rotatable bonds is 9. The molecule has 0 radical (unpaired) electrons. The van der Waals surface area contributed by atoms with Gasteiger partial charge in [-0.15, -0.1) is 0 Å². The topological polar surface area (TPSA) is 76.7 Å². The summed E-state index contributed by atoms with van der Waals surface area (Å²) in [6.07, 6.45) is 0. The van der Waals surface area contributed by atoms with Gasteiger partial charge in [0.2, 0.25) is 0 Å². The first-order valence-corrected chi connectivity index (χ1v) is 10.6. The van der Waals surface area contributed by atoms with Crippen LogP contribution in [0.25, 0.3) is 0 Å². The minimum Gasteiger partial charge on any atom is -0.494 e. The highest BCUT2D eigenvalue weighted by molar-refractivity contribution is 6.13. The summed E-state index contributed by atoms with van der Waals surface area (Å²) in [7, 11) is 0. The number of carbonyl (C=O) groups is 2. The van der Waals surface area contributed by atoms with Crippen molar-refractivity contribution >= 4 is 23.2 Å². The number of ether oxygens (including phenoxy) is 2. The minimum atomic E-state index is -0.342. The van der Waals surface area contributed by atoms with E-state index in [4.69, 9.17) is 9.47 Å². The first-order chi connectivity index (χ1) is 15.5. The standard InChI is InChI=1S/C26H28N2O4/c1-4-31-20-15-13-19(14-16-20)27-25(29)21-9-5-7-11-23(21)28-26(30)22-10-6-8-12-24(22)32-17-18(2)3/h5-16,18H,4,17H2,1-3H3,(H,27,29)(H,28,30). The van der Waals surface area contributed by atoms with Gasteiger partial charge in [-0.3, -0.25) is 9.59 Å². The second-order valence-electron chi connectivity index (χ2n) is 7.61. The van der Waals surface area contributed by atoms with Gasteiger partial charge in [-0.2, -0.15) is 0 Å². The maximum atomic E-state index is 13.0. The van der Waals surface area contributed by atoms with Crippen LogP contribution in [0.3, 0.4) is 0 Å². The Morgan fingerprint density at radius 1 is 0.781 bits per heavy atom. The van der Waals surface area contributed by atoms with Gasteiger partial charge in [-0.25, -0.2) is 0 Å². The summed E-state index contributed by atoms with van der Waals surface area (Å²) in [6.45, 7) is 7.08. The maximum Gasteiger partial charge on any atom is 0.259 e. The molecule has 2 amide bonds. The lowest BCUT2D eigenvalue weighted by Gasteiger charge is -2.15. The van der Waals surface area contributed by atoms with Crippen LogP contribution >= 0.6 is 0 Å². The number of anilines is 2. The molecule has 0 fully saturated rings. The van der Waals surface area contributed by atoms with Crippen molar-refractivity contribution in [2.24, 2.45) is 5.92 Å². The molecule has 3 rings (SSSR count). The van der Waals surface area contributed by atoms with E-state index in [-0.39, 0.29) is 11.8 Å². The highest BCUT2D eigenvalue weighted by atomic mass is 16.5. The summed E-state index contributed by atoms with van der Waals surface area (Å²) in [5, 5.41) is 5.70. The highest BCUT2D eigenvalue weighted by Crippen LogP contribution is 2.23. The average molecular weight is 433 g/mol. The lowest BCUT2D eigenvalue weighted by molar-refractivity contribution is 0.102. The summed E-state index contributed by atoms with van der Waals surface area (Å²) in [5.74, 6) is 0.907. The molecule has 0 spiro atoms. The van der Waals surface area contributed by atoms with Crippen LogP contribution in [0, 0.1) is 5.92 Å². The Labute approximate surface area is 188 Å².